The quantitative estimate of drug-likeness (QED) is 0.679. The maximum absolute atomic E-state index is 12.7. The van der Waals surface area contributed by atoms with Crippen molar-refractivity contribution in [2.24, 2.45) is 5.73 Å². The molecule has 0 bridgehead atoms. The first kappa shape index (κ1) is 20.5. The minimum atomic E-state index is -0.604. The molecular formula is C20H22N4O2S. The van der Waals surface area contributed by atoms with E-state index in [1.165, 1.54) is 11.8 Å². The zero-order valence-electron chi connectivity index (χ0n) is 15.4. The summed E-state index contributed by atoms with van der Waals surface area (Å²) in [6, 6.07) is 12.3. The average Bonchev–Trinajstić information content (AvgIpc) is 2.66. The minimum absolute atomic E-state index is 0.256. The van der Waals surface area contributed by atoms with E-state index in [4.69, 9.17) is 5.73 Å². The number of hydrogen-bond acceptors (Lipinski definition) is 5. The third-order valence-corrected chi connectivity index (χ3v) is 5.28. The maximum atomic E-state index is 12.7. The molecule has 0 fully saturated rings. The third kappa shape index (κ3) is 5.31. The molecule has 1 heterocycles. The molecule has 0 aliphatic rings. The van der Waals surface area contributed by atoms with Gasteiger partial charge < -0.3 is 11.1 Å². The number of hydrogen-bond donors (Lipinski definition) is 2. The molecule has 27 heavy (non-hydrogen) atoms. The second-order valence-electron chi connectivity index (χ2n) is 5.93. The predicted molar refractivity (Wildman–Crippen MR) is 106 cm³/mol. The van der Waals surface area contributed by atoms with Gasteiger partial charge in [0.05, 0.1) is 22.1 Å². The molecule has 1 aromatic heterocycles. The molecule has 3 N–H and O–H groups in total. The van der Waals surface area contributed by atoms with Crippen molar-refractivity contribution in [3.63, 3.8) is 0 Å². The van der Waals surface area contributed by atoms with E-state index in [2.05, 4.69) is 23.3 Å². The lowest BCUT2D eigenvalue weighted by molar-refractivity contribution is -0.115. The Labute approximate surface area is 163 Å². The van der Waals surface area contributed by atoms with E-state index in [0.717, 1.165) is 18.5 Å². The van der Waals surface area contributed by atoms with Crippen molar-refractivity contribution in [1.29, 1.82) is 5.26 Å². The number of carbonyl (C=O) groups excluding carboxylic acids is 2. The third-order valence-electron chi connectivity index (χ3n) is 3.91. The van der Waals surface area contributed by atoms with Crippen LogP contribution < -0.4 is 11.1 Å². The highest BCUT2D eigenvalue weighted by Gasteiger charge is 2.22. The minimum Gasteiger partial charge on any atom is -0.366 e. The maximum Gasteiger partial charge on any atom is 0.250 e. The lowest BCUT2D eigenvalue weighted by Gasteiger charge is -2.16. The van der Waals surface area contributed by atoms with Crippen molar-refractivity contribution < 1.29 is 9.59 Å². The first-order valence-electron chi connectivity index (χ1n) is 8.76. The molecule has 2 amide bonds. The van der Waals surface area contributed by atoms with Crippen molar-refractivity contribution in [2.45, 2.75) is 43.4 Å². The molecule has 7 heteroatoms. The highest BCUT2D eigenvalue weighted by atomic mass is 32.2. The van der Waals surface area contributed by atoms with E-state index in [-0.39, 0.29) is 11.5 Å². The Morgan fingerprint density at radius 2 is 2.00 bits per heavy atom. The van der Waals surface area contributed by atoms with Crippen LogP contribution in [-0.2, 0) is 11.2 Å². The molecule has 2 rings (SSSR count). The van der Waals surface area contributed by atoms with Gasteiger partial charge in [0, 0.05) is 5.69 Å². The van der Waals surface area contributed by atoms with Gasteiger partial charge in [-0.15, -0.1) is 0 Å². The van der Waals surface area contributed by atoms with Gasteiger partial charge in [-0.1, -0.05) is 44.2 Å². The van der Waals surface area contributed by atoms with Crippen molar-refractivity contribution in [3.8, 4) is 6.07 Å². The van der Waals surface area contributed by atoms with E-state index in [1.807, 2.05) is 13.0 Å². The number of aromatic nitrogens is 1. The Hall–Kier alpha value is -2.85. The fraction of sp³-hybridized carbons (Fsp3) is 0.300. The van der Waals surface area contributed by atoms with E-state index >= 15 is 0 Å². The predicted octanol–water partition coefficient (Wildman–Crippen LogP) is 3.51. The Kier molecular flexibility index (Phi) is 7.38. The number of thioether (sulfide) groups is 1. The van der Waals surface area contributed by atoms with Crippen molar-refractivity contribution in [3.05, 3.63) is 53.2 Å². The molecule has 0 spiro atoms. The Bertz CT molecular complexity index is 877. The lowest BCUT2D eigenvalue weighted by Crippen LogP contribution is -2.26. The van der Waals surface area contributed by atoms with Gasteiger partial charge in [-0.2, -0.15) is 5.26 Å². The average molecular weight is 382 g/mol. The van der Waals surface area contributed by atoms with Crippen LogP contribution in [0, 0.1) is 11.3 Å². The molecule has 1 unspecified atom stereocenters. The number of anilines is 1. The molecule has 1 atom stereocenters. The fourth-order valence-electron chi connectivity index (χ4n) is 2.53. The number of pyridine rings is 1. The van der Waals surface area contributed by atoms with Crippen LogP contribution in [0.25, 0.3) is 0 Å². The Balaban J connectivity index is 2.23. The van der Waals surface area contributed by atoms with Crippen LogP contribution in [0.2, 0.25) is 0 Å². The number of carbonyl (C=O) groups is 2. The fourth-order valence-corrected chi connectivity index (χ4v) is 3.54. The monoisotopic (exact) mass is 382 g/mol. The van der Waals surface area contributed by atoms with Crippen molar-refractivity contribution in [1.82, 2.24) is 4.98 Å². The summed E-state index contributed by atoms with van der Waals surface area (Å²) in [5.41, 5.74) is 7.34. The molecule has 2 aromatic rings. The summed E-state index contributed by atoms with van der Waals surface area (Å²) in [4.78, 5) is 28.8. The number of nitrogens with one attached hydrogen (secondary N) is 1. The number of para-hydroxylation sites is 1. The van der Waals surface area contributed by atoms with E-state index < -0.39 is 11.2 Å². The summed E-state index contributed by atoms with van der Waals surface area (Å²) in [7, 11) is 0. The van der Waals surface area contributed by atoms with E-state index in [0.29, 0.717) is 22.7 Å². The number of nitrogens with two attached hydrogens (primary N) is 1. The first-order chi connectivity index (χ1) is 13.0. The van der Waals surface area contributed by atoms with Crippen molar-refractivity contribution in [2.75, 3.05) is 5.32 Å². The Morgan fingerprint density at radius 1 is 1.26 bits per heavy atom. The van der Waals surface area contributed by atoms with Gasteiger partial charge in [-0.3, -0.25) is 9.59 Å². The molecule has 6 nitrogen and oxygen atoms in total. The van der Waals surface area contributed by atoms with Gasteiger partial charge in [0.25, 0.3) is 5.91 Å². The Morgan fingerprint density at radius 3 is 2.63 bits per heavy atom. The van der Waals surface area contributed by atoms with Gasteiger partial charge in [0.2, 0.25) is 5.91 Å². The normalized spacial score (nSPS) is 11.4. The zero-order chi connectivity index (χ0) is 19.8. The lowest BCUT2D eigenvalue weighted by atomic mass is 10.1. The molecular weight excluding hydrogens is 360 g/mol. The van der Waals surface area contributed by atoms with Crippen molar-refractivity contribution >= 4 is 29.3 Å². The summed E-state index contributed by atoms with van der Waals surface area (Å²) in [5.74, 6) is -0.866. The molecule has 0 aliphatic heterocycles. The highest BCUT2D eigenvalue weighted by Crippen LogP contribution is 2.28. The van der Waals surface area contributed by atoms with Gasteiger partial charge in [-0.05, 0) is 37.1 Å². The molecule has 0 saturated heterocycles. The zero-order valence-corrected chi connectivity index (χ0v) is 16.2. The number of rotatable bonds is 8. The molecule has 0 saturated carbocycles. The van der Waals surface area contributed by atoms with Crippen LogP contribution in [0.4, 0.5) is 5.69 Å². The van der Waals surface area contributed by atoms with E-state index in [9.17, 15) is 14.9 Å². The summed E-state index contributed by atoms with van der Waals surface area (Å²) in [5, 5.41) is 12.2. The summed E-state index contributed by atoms with van der Waals surface area (Å²) >= 11 is 1.26. The standard InChI is InChI=1S/C20H22N4O2S/c1-3-7-14-11-10-13(12-21)20(23-14)27-17(4-2)19(26)24-16-9-6-5-8-15(16)18(22)25/h5-6,8-11,17H,3-4,7H2,1-2H3,(H2,22,25)(H,24,26). The topological polar surface area (TPSA) is 109 Å². The molecule has 140 valence electrons. The van der Waals surface area contributed by atoms with Crippen LogP contribution >= 0.6 is 11.8 Å². The van der Waals surface area contributed by atoms with Crippen LogP contribution in [0.1, 0.15) is 48.3 Å². The second kappa shape index (κ2) is 9.74. The summed E-state index contributed by atoms with van der Waals surface area (Å²) in [6.07, 6.45) is 2.30. The largest absolute Gasteiger partial charge is 0.366 e. The van der Waals surface area contributed by atoms with Crippen LogP contribution in [0.5, 0.6) is 0 Å². The first-order valence-corrected chi connectivity index (χ1v) is 9.64. The van der Waals surface area contributed by atoms with Gasteiger partial charge in [0.15, 0.2) is 0 Å². The highest BCUT2D eigenvalue weighted by molar-refractivity contribution is 8.00. The number of nitriles is 1. The SMILES string of the molecule is CCCc1ccc(C#N)c(SC(CC)C(=O)Nc2ccccc2C(N)=O)n1. The van der Waals surface area contributed by atoms with Gasteiger partial charge >= 0.3 is 0 Å². The van der Waals surface area contributed by atoms with Gasteiger partial charge in [0.1, 0.15) is 11.1 Å². The summed E-state index contributed by atoms with van der Waals surface area (Å²) in [6.45, 7) is 3.95. The number of nitrogens with zero attached hydrogens (tertiary/aromatic N) is 2. The second-order valence-corrected chi connectivity index (χ2v) is 7.12. The number of primary amides is 1. The number of aryl methyl sites for hydroxylation is 1. The molecule has 0 aliphatic carbocycles. The van der Waals surface area contributed by atoms with Gasteiger partial charge in [-0.25, -0.2) is 4.98 Å². The number of amides is 2. The van der Waals surface area contributed by atoms with Crippen LogP contribution in [0.3, 0.4) is 0 Å². The number of benzene rings is 1. The smallest absolute Gasteiger partial charge is 0.250 e. The van der Waals surface area contributed by atoms with E-state index in [1.54, 1.807) is 30.3 Å². The molecule has 1 aromatic carbocycles. The van der Waals surface area contributed by atoms with Crippen LogP contribution in [0.15, 0.2) is 41.4 Å². The van der Waals surface area contributed by atoms with Crippen LogP contribution in [-0.4, -0.2) is 22.0 Å². The molecule has 0 radical (unpaired) electrons. The summed E-state index contributed by atoms with van der Waals surface area (Å²) < 4.78 is 0.